The van der Waals surface area contributed by atoms with Crippen molar-refractivity contribution < 1.29 is 4.42 Å². The highest BCUT2D eigenvalue weighted by atomic mass is 16.3. The summed E-state index contributed by atoms with van der Waals surface area (Å²) >= 11 is 0. The smallest absolute Gasteiger partial charge is 0.227 e. The molecule has 234 valence electrons. The van der Waals surface area contributed by atoms with Gasteiger partial charge >= 0.3 is 0 Å². The third-order valence-corrected chi connectivity index (χ3v) is 9.93. The van der Waals surface area contributed by atoms with E-state index in [4.69, 9.17) is 9.40 Å². The molecule has 49 heavy (non-hydrogen) atoms. The van der Waals surface area contributed by atoms with E-state index in [9.17, 15) is 0 Å². The summed E-state index contributed by atoms with van der Waals surface area (Å²) in [7, 11) is 0. The van der Waals surface area contributed by atoms with Crippen molar-refractivity contribution in [1.82, 2.24) is 4.98 Å². The Kier molecular flexibility index (Phi) is 6.80. The van der Waals surface area contributed by atoms with E-state index in [1.54, 1.807) is 0 Å². The lowest BCUT2D eigenvalue weighted by Gasteiger charge is -2.29. The summed E-state index contributed by atoms with van der Waals surface area (Å²) in [6, 6.07) is 60.2. The van der Waals surface area contributed by atoms with Crippen LogP contribution in [0.1, 0.15) is 25.0 Å². The average molecular weight is 631 g/mol. The van der Waals surface area contributed by atoms with Gasteiger partial charge < -0.3 is 9.32 Å². The van der Waals surface area contributed by atoms with Gasteiger partial charge in [0.05, 0.1) is 5.69 Å². The molecular formula is C46H34N2O. The van der Waals surface area contributed by atoms with Gasteiger partial charge in [-0.3, -0.25) is 0 Å². The number of para-hydroxylation sites is 2. The Morgan fingerprint density at radius 1 is 0.469 bits per heavy atom. The molecule has 0 amide bonds. The fourth-order valence-corrected chi connectivity index (χ4v) is 7.48. The van der Waals surface area contributed by atoms with Crippen LogP contribution in [0.15, 0.2) is 174 Å². The van der Waals surface area contributed by atoms with Gasteiger partial charge in [0.1, 0.15) is 5.52 Å². The minimum absolute atomic E-state index is 0.0542. The fraction of sp³-hybridized carbons (Fsp3) is 0.0652. The Balaban J connectivity index is 1.19. The molecule has 3 nitrogen and oxygen atoms in total. The van der Waals surface area contributed by atoms with Crippen LogP contribution in [0.2, 0.25) is 0 Å². The molecule has 3 heteroatoms. The molecule has 0 fully saturated rings. The summed E-state index contributed by atoms with van der Waals surface area (Å²) in [5.74, 6) is 0.629. The summed E-state index contributed by atoms with van der Waals surface area (Å²) in [6.07, 6.45) is 0. The van der Waals surface area contributed by atoms with Gasteiger partial charge in [-0.1, -0.05) is 135 Å². The zero-order chi connectivity index (χ0) is 33.0. The number of fused-ring (bicyclic) bond motifs is 4. The van der Waals surface area contributed by atoms with Gasteiger partial charge in [-0.05, 0) is 81.9 Å². The van der Waals surface area contributed by atoms with E-state index in [-0.39, 0.29) is 5.41 Å². The summed E-state index contributed by atoms with van der Waals surface area (Å²) in [5.41, 5.74) is 15.7. The second-order valence-electron chi connectivity index (χ2n) is 13.2. The standard InChI is InChI=1S/C46H34N2O/c1-46(2)40-21-11-9-19-38(40)39-30-35(28-29-41(39)46)48(42-22-12-10-18-36(42)31-14-5-3-6-15-31)34-26-24-32(25-27-34)37-20-13-23-43-44(37)47-45(49-43)33-16-7-4-8-17-33/h3-30H,1-2H3. The van der Waals surface area contributed by atoms with Crippen molar-refractivity contribution in [2.75, 3.05) is 4.90 Å². The summed E-state index contributed by atoms with van der Waals surface area (Å²) in [5, 5.41) is 0. The van der Waals surface area contributed by atoms with E-state index >= 15 is 0 Å². The zero-order valence-electron chi connectivity index (χ0n) is 27.5. The first kappa shape index (κ1) is 29.0. The molecule has 1 aliphatic carbocycles. The first-order chi connectivity index (χ1) is 24.1. The highest BCUT2D eigenvalue weighted by molar-refractivity contribution is 5.94. The second-order valence-corrected chi connectivity index (χ2v) is 13.2. The normalized spacial score (nSPS) is 12.9. The lowest BCUT2D eigenvalue weighted by Crippen LogP contribution is -2.15. The highest BCUT2D eigenvalue weighted by Crippen LogP contribution is 2.51. The van der Waals surface area contributed by atoms with Crippen LogP contribution in [0, 0.1) is 0 Å². The third kappa shape index (κ3) is 4.86. The van der Waals surface area contributed by atoms with Gasteiger partial charge in [0.2, 0.25) is 5.89 Å². The molecule has 0 saturated heterocycles. The molecule has 7 aromatic carbocycles. The van der Waals surface area contributed by atoms with E-state index in [0.717, 1.165) is 44.9 Å². The summed E-state index contributed by atoms with van der Waals surface area (Å²) in [4.78, 5) is 7.34. The Bertz CT molecular complexity index is 2460. The second kappa shape index (κ2) is 11.5. The predicted molar refractivity (Wildman–Crippen MR) is 203 cm³/mol. The minimum atomic E-state index is -0.0542. The monoisotopic (exact) mass is 630 g/mol. The molecule has 0 spiro atoms. The number of nitrogens with zero attached hydrogens (tertiary/aromatic N) is 2. The fourth-order valence-electron chi connectivity index (χ4n) is 7.48. The molecule has 1 aromatic heterocycles. The van der Waals surface area contributed by atoms with Crippen LogP contribution in [0.3, 0.4) is 0 Å². The zero-order valence-corrected chi connectivity index (χ0v) is 27.5. The Morgan fingerprint density at radius 2 is 1.06 bits per heavy atom. The number of hydrogen-bond acceptors (Lipinski definition) is 3. The van der Waals surface area contributed by atoms with Gasteiger partial charge in [0.15, 0.2) is 5.58 Å². The summed E-state index contributed by atoms with van der Waals surface area (Å²) in [6.45, 7) is 4.66. The number of aromatic nitrogens is 1. The van der Waals surface area contributed by atoms with E-state index < -0.39 is 0 Å². The average Bonchev–Trinajstić information content (AvgIpc) is 3.70. The van der Waals surface area contributed by atoms with Gasteiger partial charge in [-0.25, -0.2) is 4.98 Å². The molecule has 0 bridgehead atoms. The Morgan fingerprint density at radius 3 is 1.84 bits per heavy atom. The number of benzene rings is 7. The van der Waals surface area contributed by atoms with Crippen molar-refractivity contribution in [2.45, 2.75) is 19.3 Å². The maximum Gasteiger partial charge on any atom is 0.227 e. The number of anilines is 3. The SMILES string of the molecule is CC1(C)c2ccccc2-c2cc(N(c3ccc(-c4cccc5oc(-c6ccccc6)nc45)cc3)c3ccccc3-c3ccccc3)ccc21. The molecule has 0 atom stereocenters. The van der Waals surface area contributed by atoms with Crippen LogP contribution in [0.25, 0.3) is 55.9 Å². The van der Waals surface area contributed by atoms with Crippen molar-refractivity contribution in [3.63, 3.8) is 0 Å². The van der Waals surface area contributed by atoms with Gasteiger partial charge in [0.25, 0.3) is 0 Å². The highest BCUT2D eigenvalue weighted by Gasteiger charge is 2.35. The summed E-state index contributed by atoms with van der Waals surface area (Å²) < 4.78 is 6.21. The third-order valence-electron chi connectivity index (χ3n) is 9.93. The molecular weight excluding hydrogens is 597 g/mol. The Labute approximate surface area is 286 Å². The van der Waals surface area contributed by atoms with Crippen LogP contribution in [-0.4, -0.2) is 4.98 Å². The molecule has 1 heterocycles. The Hall–Kier alpha value is -6.19. The van der Waals surface area contributed by atoms with Crippen LogP contribution in [0.5, 0.6) is 0 Å². The maximum atomic E-state index is 6.21. The van der Waals surface area contributed by atoms with Gasteiger partial charge in [-0.15, -0.1) is 0 Å². The number of rotatable bonds is 6. The first-order valence-corrected chi connectivity index (χ1v) is 16.8. The quantitative estimate of drug-likeness (QED) is 0.183. The molecule has 0 saturated carbocycles. The van der Waals surface area contributed by atoms with E-state index in [2.05, 4.69) is 146 Å². The molecule has 1 aliphatic rings. The molecule has 0 N–H and O–H groups in total. The van der Waals surface area contributed by atoms with Crippen molar-refractivity contribution in [2.24, 2.45) is 0 Å². The van der Waals surface area contributed by atoms with Crippen molar-refractivity contribution in [1.29, 1.82) is 0 Å². The van der Waals surface area contributed by atoms with Crippen LogP contribution in [-0.2, 0) is 5.41 Å². The predicted octanol–water partition coefficient (Wildman–Crippen LogP) is 12.6. The molecule has 0 radical (unpaired) electrons. The van der Waals surface area contributed by atoms with Crippen molar-refractivity contribution >= 4 is 28.2 Å². The lowest BCUT2D eigenvalue weighted by molar-refractivity contribution is 0.620. The van der Waals surface area contributed by atoms with Crippen LogP contribution < -0.4 is 4.90 Å². The maximum absolute atomic E-state index is 6.21. The largest absolute Gasteiger partial charge is 0.436 e. The molecule has 9 rings (SSSR count). The van der Waals surface area contributed by atoms with Crippen LogP contribution >= 0.6 is 0 Å². The lowest BCUT2D eigenvalue weighted by atomic mass is 9.82. The minimum Gasteiger partial charge on any atom is -0.436 e. The molecule has 8 aromatic rings. The van der Waals surface area contributed by atoms with Gasteiger partial charge in [-0.2, -0.15) is 0 Å². The van der Waals surface area contributed by atoms with Crippen molar-refractivity contribution in [3.8, 4) is 44.8 Å². The number of oxazole rings is 1. The van der Waals surface area contributed by atoms with Crippen molar-refractivity contribution in [3.05, 3.63) is 181 Å². The topological polar surface area (TPSA) is 29.3 Å². The van der Waals surface area contributed by atoms with E-state index in [0.29, 0.717) is 5.89 Å². The van der Waals surface area contributed by atoms with Crippen LogP contribution in [0.4, 0.5) is 17.1 Å². The van der Waals surface area contributed by atoms with E-state index in [1.165, 1.54) is 33.4 Å². The molecule has 0 unspecified atom stereocenters. The van der Waals surface area contributed by atoms with Gasteiger partial charge in [0, 0.05) is 33.5 Å². The van der Waals surface area contributed by atoms with E-state index in [1.807, 2.05) is 42.5 Å². The number of hydrogen-bond donors (Lipinski definition) is 0. The first-order valence-electron chi connectivity index (χ1n) is 16.8. The molecule has 0 aliphatic heterocycles.